The molecule has 1 fully saturated rings. The molecule has 4 rings (SSSR count). The van der Waals surface area contributed by atoms with Crippen LogP contribution in [0, 0.1) is 29.9 Å². The lowest BCUT2D eigenvalue weighted by Gasteiger charge is -2.32. The van der Waals surface area contributed by atoms with E-state index in [2.05, 4.69) is 5.16 Å². The molecule has 2 heterocycles. The second-order valence-corrected chi connectivity index (χ2v) is 8.04. The molecule has 0 aliphatic carbocycles. The molecule has 0 unspecified atom stereocenters. The summed E-state index contributed by atoms with van der Waals surface area (Å²) >= 11 is 6.23. The predicted octanol–water partition coefficient (Wildman–Crippen LogP) is 4.71. The van der Waals surface area contributed by atoms with Crippen LogP contribution in [0.15, 0.2) is 47.0 Å². The van der Waals surface area contributed by atoms with Gasteiger partial charge in [0.05, 0.1) is 10.6 Å². The molecule has 2 aromatic carbocycles. The molecule has 0 radical (unpaired) electrons. The zero-order valence-corrected chi connectivity index (χ0v) is 17.9. The van der Waals surface area contributed by atoms with Gasteiger partial charge in [0, 0.05) is 43.0 Å². The number of nitriles is 1. The van der Waals surface area contributed by atoms with E-state index in [1.807, 2.05) is 11.0 Å². The van der Waals surface area contributed by atoms with Crippen molar-refractivity contribution in [3.63, 3.8) is 0 Å². The molecule has 1 aliphatic rings. The van der Waals surface area contributed by atoms with E-state index in [-0.39, 0.29) is 34.8 Å². The molecule has 0 saturated carbocycles. The van der Waals surface area contributed by atoms with Crippen molar-refractivity contribution in [1.29, 1.82) is 5.26 Å². The van der Waals surface area contributed by atoms with Crippen molar-refractivity contribution < 1.29 is 18.1 Å². The molecule has 1 amide bonds. The van der Waals surface area contributed by atoms with Crippen molar-refractivity contribution in [1.82, 2.24) is 10.1 Å². The summed E-state index contributed by atoms with van der Waals surface area (Å²) in [6, 6.07) is 12.4. The molecule has 32 heavy (non-hydrogen) atoms. The van der Waals surface area contributed by atoms with Crippen LogP contribution in [0.1, 0.15) is 33.8 Å². The number of hydrogen-bond acceptors (Lipinski definition) is 5. The summed E-state index contributed by atoms with van der Waals surface area (Å²) in [6.07, 6.45) is 0.608. The maximum atomic E-state index is 14.4. The SMILES string of the molecule is Cc1cc(C(=O)N2CC[C@H](N(Cc3cccc(F)c3F)c3ccc(C#N)c(Cl)c3)C2)no1. The fourth-order valence-corrected chi connectivity index (χ4v) is 4.09. The number of carbonyl (C=O) groups excluding carboxylic acids is 1. The molecule has 1 aliphatic heterocycles. The molecule has 1 saturated heterocycles. The van der Waals surface area contributed by atoms with Crippen molar-refractivity contribution in [2.45, 2.75) is 25.9 Å². The van der Waals surface area contributed by atoms with E-state index in [0.29, 0.717) is 36.5 Å². The molecule has 0 N–H and O–H groups in total. The molecule has 9 heteroatoms. The van der Waals surface area contributed by atoms with Gasteiger partial charge >= 0.3 is 0 Å². The number of aromatic nitrogens is 1. The van der Waals surface area contributed by atoms with Crippen LogP contribution in [0.4, 0.5) is 14.5 Å². The minimum atomic E-state index is -0.926. The van der Waals surface area contributed by atoms with Gasteiger partial charge in [-0.15, -0.1) is 0 Å². The third-order valence-corrected chi connectivity index (χ3v) is 5.83. The number of nitrogens with zero attached hydrogens (tertiary/aromatic N) is 4. The number of aryl methyl sites for hydroxylation is 1. The minimum Gasteiger partial charge on any atom is -0.362 e. The maximum Gasteiger partial charge on any atom is 0.276 e. The van der Waals surface area contributed by atoms with Gasteiger partial charge in [0.1, 0.15) is 11.8 Å². The van der Waals surface area contributed by atoms with E-state index < -0.39 is 11.6 Å². The molecule has 164 valence electrons. The zero-order chi connectivity index (χ0) is 22.8. The zero-order valence-electron chi connectivity index (χ0n) is 17.2. The lowest BCUT2D eigenvalue weighted by molar-refractivity contribution is 0.0780. The van der Waals surface area contributed by atoms with E-state index in [1.165, 1.54) is 12.1 Å². The first-order valence-corrected chi connectivity index (χ1v) is 10.4. The van der Waals surface area contributed by atoms with Crippen LogP contribution >= 0.6 is 11.6 Å². The molecule has 0 bridgehead atoms. The number of benzene rings is 2. The Morgan fingerprint density at radius 3 is 2.84 bits per heavy atom. The van der Waals surface area contributed by atoms with Gasteiger partial charge in [-0.25, -0.2) is 8.78 Å². The van der Waals surface area contributed by atoms with Crippen molar-refractivity contribution in [3.8, 4) is 6.07 Å². The molecule has 1 aromatic heterocycles. The smallest absolute Gasteiger partial charge is 0.276 e. The van der Waals surface area contributed by atoms with Crippen LogP contribution in [0.25, 0.3) is 0 Å². The van der Waals surface area contributed by atoms with Gasteiger partial charge < -0.3 is 14.3 Å². The van der Waals surface area contributed by atoms with Crippen molar-refractivity contribution in [2.75, 3.05) is 18.0 Å². The fourth-order valence-electron chi connectivity index (χ4n) is 3.87. The van der Waals surface area contributed by atoms with Gasteiger partial charge in [-0.2, -0.15) is 5.26 Å². The lowest BCUT2D eigenvalue weighted by atomic mass is 10.1. The van der Waals surface area contributed by atoms with Crippen molar-refractivity contribution in [3.05, 3.63) is 81.7 Å². The number of likely N-dealkylation sites (tertiary alicyclic amines) is 1. The van der Waals surface area contributed by atoms with Gasteiger partial charge in [-0.3, -0.25) is 4.79 Å². The van der Waals surface area contributed by atoms with Crippen LogP contribution in [0.5, 0.6) is 0 Å². The van der Waals surface area contributed by atoms with E-state index in [1.54, 1.807) is 36.1 Å². The van der Waals surface area contributed by atoms with Crippen LogP contribution in [-0.2, 0) is 6.54 Å². The summed E-state index contributed by atoms with van der Waals surface area (Å²) in [5.74, 6) is -1.55. The maximum absolute atomic E-state index is 14.4. The Kier molecular flexibility index (Phi) is 6.10. The first-order chi connectivity index (χ1) is 15.4. The van der Waals surface area contributed by atoms with Gasteiger partial charge in [-0.05, 0) is 37.6 Å². The van der Waals surface area contributed by atoms with Crippen molar-refractivity contribution >= 4 is 23.2 Å². The highest BCUT2D eigenvalue weighted by atomic mass is 35.5. The van der Waals surface area contributed by atoms with Gasteiger partial charge in [0.2, 0.25) is 0 Å². The summed E-state index contributed by atoms with van der Waals surface area (Å²) in [4.78, 5) is 16.3. The lowest BCUT2D eigenvalue weighted by Crippen LogP contribution is -2.39. The summed E-state index contributed by atoms with van der Waals surface area (Å²) in [7, 11) is 0. The second kappa shape index (κ2) is 8.97. The van der Waals surface area contributed by atoms with Crippen LogP contribution in [0.3, 0.4) is 0 Å². The van der Waals surface area contributed by atoms with E-state index in [9.17, 15) is 18.8 Å². The predicted molar refractivity (Wildman–Crippen MR) is 114 cm³/mol. The Balaban J connectivity index is 1.63. The molecular weight excluding hydrogens is 438 g/mol. The minimum absolute atomic E-state index is 0.0710. The normalized spacial score (nSPS) is 15.6. The molecule has 1 atom stereocenters. The highest BCUT2D eigenvalue weighted by Gasteiger charge is 2.33. The Morgan fingerprint density at radius 1 is 1.34 bits per heavy atom. The average Bonchev–Trinajstić information content (AvgIpc) is 3.44. The third kappa shape index (κ3) is 4.30. The Morgan fingerprint density at radius 2 is 2.16 bits per heavy atom. The summed E-state index contributed by atoms with van der Waals surface area (Å²) in [5, 5.41) is 13.2. The van der Waals surface area contributed by atoms with Crippen LogP contribution in [-0.4, -0.2) is 35.1 Å². The number of halogens is 3. The van der Waals surface area contributed by atoms with Gasteiger partial charge in [0.15, 0.2) is 17.3 Å². The quantitative estimate of drug-likeness (QED) is 0.556. The summed E-state index contributed by atoms with van der Waals surface area (Å²) < 4.78 is 33.2. The highest BCUT2D eigenvalue weighted by Crippen LogP contribution is 2.30. The Hall–Kier alpha value is -3.44. The molecule has 0 spiro atoms. The first kappa shape index (κ1) is 21.8. The summed E-state index contributed by atoms with van der Waals surface area (Å²) in [6.45, 7) is 2.61. The third-order valence-electron chi connectivity index (χ3n) is 5.52. The Labute approximate surface area is 188 Å². The number of rotatable bonds is 5. The first-order valence-electron chi connectivity index (χ1n) is 9.99. The Bertz CT molecular complexity index is 1210. The molecule has 3 aromatic rings. The van der Waals surface area contributed by atoms with E-state index in [4.69, 9.17) is 16.1 Å². The molecular formula is C23H19ClF2N4O2. The highest BCUT2D eigenvalue weighted by molar-refractivity contribution is 6.32. The topological polar surface area (TPSA) is 73.4 Å². The number of anilines is 1. The van der Waals surface area contributed by atoms with Gasteiger partial charge in [0.25, 0.3) is 5.91 Å². The number of amides is 1. The monoisotopic (exact) mass is 456 g/mol. The number of carbonyl (C=O) groups is 1. The molecule has 6 nitrogen and oxygen atoms in total. The number of hydrogen-bond donors (Lipinski definition) is 0. The van der Waals surface area contributed by atoms with Crippen LogP contribution in [0.2, 0.25) is 5.02 Å². The average molecular weight is 457 g/mol. The van der Waals surface area contributed by atoms with E-state index in [0.717, 1.165) is 6.07 Å². The van der Waals surface area contributed by atoms with Crippen molar-refractivity contribution in [2.24, 2.45) is 0 Å². The second-order valence-electron chi connectivity index (χ2n) is 7.63. The van der Waals surface area contributed by atoms with Crippen LogP contribution < -0.4 is 4.90 Å². The largest absolute Gasteiger partial charge is 0.362 e. The van der Waals surface area contributed by atoms with E-state index >= 15 is 0 Å². The summed E-state index contributed by atoms with van der Waals surface area (Å²) in [5.41, 5.74) is 1.38. The fraction of sp³-hybridized carbons (Fsp3) is 0.261. The standard InChI is InChI=1S/C23H19ClF2N4O2/c1-14-9-21(28-32-14)23(31)29-8-7-18(13-29)30(12-16-3-2-4-20(25)22(16)26)17-6-5-15(11-27)19(24)10-17/h2-6,9-10,18H,7-8,12-13H2,1H3/t18-/m0/s1. The van der Waals surface area contributed by atoms with Gasteiger partial charge in [-0.1, -0.05) is 28.9 Å².